The normalized spacial score (nSPS) is 11.4. The molecule has 0 saturated heterocycles. The molecule has 0 radical (unpaired) electrons. The monoisotopic (exact) mass is 254 g/mol. The van der Waals surface area contributed by atoms with Crippen molar-refractivity contribution in [1.29, 1.82) is 5.41 Å². The van der Waals surface area contributed by atoms with Gasteiger partial charge in [0, 0.05) is 18.6 Å². The first kappa shape index (κ1) is 15.1. The molecule has 100 valence electrons. The molecule has 1 N–H and O–H groups in total. The van der Waals surface area contributed by atoms with Crippen LogP contribution in [0, 0.1) is 26.2 Å². The number of hydrogen-bond donors (Lipinski definition) is 1. The molecule has 0 bridgehead atoms. The van der Waals surface area contributed by atoms with E-state index in [1.54, 1.807) is 6.20 Å². The predicted octanol–water partition coefficient (Wildman–Crippen LogP) is 4.57. The smallest absolute Gasteiger partial charge is 0.0299 e. The van der Waals surface area contributed by atoms with Crippen LogP contribution in [0.15, 0.2) is 36.2 Å². The van der Waals surface area contributed by atoms with E-state index in [4.69, 9.17) is 5.41 Å². The van der Waals surface area contributed by atoms with Crippen LogP contribution in [0.4, 0.5) is 0 Å². The minimum Gasteiger partial charge on any atom is -0.308 e. The summed E-state index contributed by atoms with van der Waals surface area (Å²) in [5.41, 5.74) is 6.82. The van der Waals surface area contributed by atoms with Gasteiger partial charge in [-0.15, -0.1) is 0 Å². The number of rotatable bonds is 2. The molecule has 0 saturated carbocycles. The molecule has 0 fully saturated rings. The third-order valence-corrected chi connectivity index (χ3v) is 3.55. The fourth-order valence-corrected chi connectivity index (χ4v) is 1.67. The van der Waals surface area contributed by atoms with E-state index < -0.39 is 0 Å². The highest BCUT2D eigenvalue weighted by Gasteiger charge is 1.97. The fraction of sp³-hybridized carbons (Fsp3) is 0.294. The molecule has 1 aromatic heterocycles. The van der Waals surface area contributed by atoms with Gasteiger partial charge >= 0.3 is 0 Å². The summed E-state index contributed by atoms with van der Waals surface area (Å²) >= 11 is 0. The van der Waals surface area contributed by atoms with Gasteiger partial charge in [-0.2, -0.15) is 0 Å². The minimum absolute atomic E-state index is 0.964. The Hall–Kier alpha value is -1.96. The van der Waals surface area contributed by atoms with Crippen LogP contribution in [0.25, 0.3) is 5.57 Å². The van der Waals surface area contributed by atoms with Crippen molar-refractivity contribution in [1.82, 2.24) is 4.98 Å². The lowest BCUT2D eigenvalue weighted by Gasteiger charge is -2.03. The highest BCUT2D eigenvalue weighted by atomic mass is 14.6. The van der Waals surface area contributed by atoms with Gasteiger partial charge in [-0.05, 0) is 74.1 Å². The number of nitrogens with one attached hydrogen (secondary N) is 1. The lowest BCUT2D eigenvalue weighted by atomic mass is 10.0. The van der Waals surface area contributed by atoms with Crippen molar-refractivity contribution < 1.29 is 0 Å². The maximum absolute atomic E-state index is 7.35. The van der Waals surface area contributed by atoms with Crippen LogP contribution in [0.2, 0.25) is 0 Å². The van der Waals surface area contributed by atoms with E-state index in [0.29, 0.717) is 0 Å². The molecule has 0 aliphatic carbocycles. The molecule has 0 spiro atoms. The Balaban J connectivity index is 3.55. The second-order valence-corrected chi connectivity index (χ2v) is 4.83. The first-order valence-corrected chi connectivity index (χ1v) is 6.42. The molecule has 0 aliphatic rings. The Kier molecular flexibility index (Phi) is 5.43. The summed E-state index contributed by atoms with van der Waals surface area (Å²) in [6, 6.07) is 6.20. The Morgan fingerprint density at radius 1 is 1.05 bits per heavy atom. The molecule has 19 heavy (non-hydrogen) atoms. The summed E-state index contributed by atoms with van der Waals surface area (Å²) in [5.74, 6) is 0. The van der Waals surface area contributed by atoms with Gasteiger partial charge in [0.05, 0.1) is 0 Å². The average molecular weight is 254 g/mol. The number of aryl methyl sites for hydroxylation is 2. The van der Waals surface area contributed by atoms with Crippen molar-refractivity contribution in [3.05, 3.63) is 58.4 Å². The Bertz CT molecular complexity index is 568. The van der Waals surface area contributed by atoms with Gasteiger partial charge in [-0.3, -0.25) is 4.98 Å². The molecular formula is C17H22N2. The first-order valence-electron chi connectivity index (χ1n) is 6.42. The van der Waals surface area contributed by atoms with Gasteiger partial charge in [-0.25, -0.2) is 0 Å². The molecule has 2 heteroatoms. The van der Waals surface area contributed by atoms with Crippen molar-refractivity contribution in [3.8, 4) is 0 Å². The summed E-state index contributed by atoms with van der Waals surface area (Å²) in [4.78, 5) is 4.31. The lowest BCUT2D eigenvalue weighted by Crippen LogP contribution is -1.86. The van der Waals surface area contributed by atoms with Crippen LogP contribution < -0.4 is 0 Å². The Morgan fingerprint density at radius 3 is 2.37 bits per heavy atom. The summed E-state index contributed by atoms with van der Waals surface area (Å²) in [5, 5.41) is 7.35. The SMILES string of the molecule is C/C(C=N)=C(\C)c1ccncc(C)c(C)c(C)cc1. The van der Waals surface area contributed by atoms with Crippen molar-refractivity contribution in [3.63, 3.8) is 0 Å². The summed E-state index contributed by atoms with van der Waals surface area (Å²) in [6.45, 7) is 10.3. The van der Waals surface area contributed by atoms with Crippen LogP contribution in [-0.4, -0.2) is 11.2 Å². The Labute approximate surface area is 116 Å². The van der Waals surface area contributed by atoms with Gasteiger partial charge < -0.3 is 5.41 Å². The summed E-state index contributed by atoms with van der Waals surface area (Å²) < 4.78 is 0. The molecule has 1 aromatic rings. The van der Waals surface area contributed by atoms with Crippen molar-refractivity contribution in [2.75, 3.05) is 0 Å². The number of nitrogens with zero attached hydrogens (tertiary/aromatic N) is 1. The van der Waals surface area contributed by atoms with Crippen molar-refractivity contribution in [2.24, 2.45) is 0 Å². The molecule has 0 aromatic carbocycles. The second-order valence-electron chi connectivity index (χ2n) is 4.83. The predicted molar refractivity (Wildman–Crippen MR) is 83.1 cm³/mol. The molecule has 0 unspecified atom stereocenters. The third kappa shape index (κ3) is 4.02. The van der Waals surface area contributed by atoms with Crippen LogP contribution in [-0.2, 0) is 0 Å². The summed E-state index contributed by atoms with van der Waals surface area (Å²) in [6.07, 6.45) is 5.07. The highest BCUT2D eigenvalue weighted by molar-refractivity contribution is 5.87. The van der Waals surface area contributed by atoms with Crippen LogP contribution in [0.5, 0.6) is 0 Å². The fourth-order valence-electron chi connectivity index (χ4n) is 1.67. The van der Waals surface area contributed by atoms with E-state index in [0.717, 1.165) is 16.7 Å². The molecular weight excluding hydrogens is 232 g/mol. The van der Waals surface area contributed by atoms with Gasteiger partial charge in [-0.1, -0.05) is 12.1 Å². The second kappa shape index (κ2) is 6.83. The number of hydrogen-bond acceptors (Lipinski definition) is 2. The molecule has 1 rings (SSSR count). The van der Waals surface area contributed by atoms with E-state index in [-0.39, 0.29) is 0 Å². The van der Waals surface area contributed by atoms with E-state index in [1.165, 1.54) is 22.9 Å². The highest BCUT2D eigenvalue weighted by Crippen LogP contribution is 2.16. The van der Waals surface area contributed by atoms with E-state index in [1.807, 2.05) is 26.1 Å². The van der Waals surface area contributed by atoms with Gasteiger partial charge in [0.1, 0.15) is 0 Å². The Morgan fingerprint density at radius 2 is 1.74 bits per heavy atom. The largest absolute Gasteiger partial charge is 0.308 e. The zero-order chi connectivity index (χ0) is 14.4. The van der Waals surface area contributed by atoms with E-state index >= 15 is 0 Å². The molecule has 0 aliphatic heterocycles. The maximum atomic E-state index is 7.35. The standard InChI is InChI=1S/C17H22N2/c1-12-6-7-17(16(5)13(2)10-18)8-9-19-11-14(3)15(12)4/h6-11,18H,1-5H3/b7-6?,9-8?,12-6?,14-11?,15-12?,15-14?,16-13-,17-7?,17-8?,18-10?,19-9?,19-11?. The quantitative estimate of drug-likeness (QED) is 0.771. The van der Waals surface area contributed by atoms with Crippen molar-refractivity contribution in [2.45, 2.75) is 34.6 Å². The first-order chi connectivity index (χ1) is 8.97. The third-order valence-electron chi connectivity index (χ3n) is 3.55. The van der Waals surface area contributed by atoms with Gasteiger partial charge in [0.25, 0.3) is 0 Å². The molecule has 2 nitrogen and oxygen atoms in total. The van der Waals surface area contributed by atoms with Crippen LogP contribution in [0.3, 0.4) is 0 Å². The minimum atomic E-state index is 0.964. The zero-order valence-corrected chi connectivity index (χ0v) is 12.4. The number of aromatic nitrogens is 1. The number of allylic oxidation sites excluding steroid dienone is 2. The topological polar surface area (TPSA) is 36.7 Å². The zero-order valence-electron chi connectivity index (χ0n) is 12.4. The molecule has 0 amide bonds. The van der Waals surface area contributed by atoms with Crippen molar-refractivity contribution >= 4 is 11.8 Å². The maximum Gasteiger partial charge on any atom is 0.0299 e. The lowest BCUT2D eigenvalue weighted by molar-refractivity contribution is 1.23. The van der Waals surface area contributed by atoms with Crippen LogP contribution in [0.1, 0.15) is 36.1 Å². The van der Waals surface area contributed by atoms with Gasteiger partial charge in [0.15, 0.2) is 0 Å². The van der Waals surface area contributed by atoms with E-state index in [2.05, 4.69) is 37.9 Å². The van der Waals surface area contributed by atoms with Gasteiger partial charge in [0.2, 0.25) is 0 Å². The molecule has 1 heterocycles. The molecule has 0 atom stereocenters. The summed E-state index contributed by atoms with van der Waals surface area (Å²) in [7, 11) is 0. The van der Waals surface area contributed by atoms with Crippen LogP contribution >= 0.6 is 0 Å². The van der Waals surface area contributed by atoms with E-state index in [9.17, 15) is 0 Å². The average Bonchev–Trinajstić information content (AvgIpc) is 2.42.